The molecule has 0 N–H and O–H groups in total. The molecule has 0 spiro atoms. The number of rotatable bonds is 6. The largest absolute Gasteiger partial charge is 0.334 e. The Balaban J connectivity index is 2.18. The molecule has 7 nitrogen and oxygen atoms in total. The molecule has 7 heteroatoms. The van der Waals surface area contributed by atoms with Gasteiger partial charge < -0.3 is 4.90 Å². The van der Waals surface area contributed by atoms with Crippen LogP contribution in [0.1, 0.15) is 40.2 Å². The van der Waals surface area contributed by atoms with E-state index in [4.69, 9.17) is 0 Å². The molecule has 1 aromatic rings. The number of carbonyl (C=O) groups excluding carboxylic acids is 4. The fraction of sp³-hybridized carbons (Fsp3) is 0.500. The predicted octanol–water partition coefficient (Wildman–Crippen LogP) is 2.26. The predicted molar refractivity (Wildman–Crippen MR) is 100 cm³/mol. The molecule has 0 saturated carbocycles. The van der Waals surface area contributed by atoms with E-state index in [9.17, 15) is 19.2 Å². The molecular weight excluding hydrogens is 346 g/mol. The SMILES string of the molecule is CC(C)CN1C(=O)C(=O)N(CC(=O)N(Cc2ccccc2)C(C)(C)C)C1=O. The average Bonchev–Trinajstić information content (AvgIpc) is 2.77. The van der Waals surface area contributed by atoms with E-state index in [0.717, 1.165) is 15.4 Å². The van der Waals surface area contributed by atoms with Gasteiger partial charge in [0.05, 0.1) is 0 Å². The summed E-state index contributed by atoms with van der Waals surface area (Å²) in [6, 6.07) is 8.76. The van der Waals surface area contributed by atoms with E-state index in [1.807, 2.05) is 65.0 Å². The summed E-state index contributed by atoms with van der Waals surface area (Å²) in [5.74, 6) is -2.16. The molecule has 0 radical (unpaired) electrons. The molecule has 1 aliphatic rings. The van der Waals surface area contributed by atoms with E-state index < -0.39 is 29.9 Å². The second kappa shape index (κ2) is 7.90. The number of benzene rings is 1. The van der Waals surface area contributed by atoms with Crippen LogP contribution in [0.5, 0.6) is 0 Å². The van der Waals surface area contributed by atoms with Gasteiger partial charge in [-0.15, -0.1) is 0 Å². The highest BCUT2D eigenvalue weighted by atomic mass is 16.2. The summed E-state index contributed by atoms with van der Waals surface area (Å²) in [7, 11) is 0. The van der Waals surface area contributed by atoms with Crippen LogP contribution >= 0.6 is 0 Å². The Morgan fingerprint density at radius 2 is 1.56 bits per heavy atom. The van der Waals surface area contributed by atoms with Gasteiger partial charge in [-0.3, -0.25) is 19.3 Å². The maximum Gasteiger partial charge on any atom is 0.334 e. The zero-order valence-electron chi connectivity index (χ0n) is 16.6. The lowest BCUT2D eigenvalue weighted by Gasteiger charge is -2.36. The highest BCUT2D eigenvalue weighted by molar-refractivity contribution is 6.45. The highest BCUT2D eigenvalue weighted by Gasteiger charge is 2.46. The normalized spacial score (nSPS) is 15.1. The summed E-state index contributed by atoms with van der Waals surface area (Å²) in [5, 5.41) is 0. The van der Waals surface area contributed by atoms with Gasteiger partial charge in [0.2, 0.25) is 5.91 Å². The molecule has 1 saturated heterocycles. The summed E-state index contributed by atoms with van der Waals surface area (Å²) < 4.78 is 0. The first-order valence-electron chi connectivity index (χ1n) is 9.04. The lowest BCUT2D eigenvalue weighted by atomic mass is 10.0. The van der Waals surface area contributed by atoms with Gasteiger partial charge in [-0.05, 0) is 32.3 Å². The fourth-order valence-corrected chi connectivity index (χ4v) is 2.90. The molecule has 0 bridgehead atoms. The Hall–Kier alpha value is -2.70. The van der Waals surface area contributed by atoms with Crippen LogP contribution in [0.2, 0.25) is 0 Å². The third-order valence-corrected chi connectivity index (χ3v) is 4.27. The van der Waals surface area contributed by atoms with Crippen molar-refractivity contribution in [3.8, 4) is 0 Å². The lowest BCUT2D eigenvalue weighted by Crippen LogP contribution is -2.50. The molecule has 0 aromatic heterocycles. The minimum absolute atomic E-state index is 0.0329. The Morgan fingerprint density at radius 3 is 2.07 bits per heavy atom. The van der Waals surface area contributed by atoms with Crippen molar-refractivity contribution in [2.45, 2.75) is 46.7 Å². The van der Waals surface area contributed by atoms with Gasteiger partial charge in [0.25, 0.3) is 0 Å². The Labute approximate surface area is 159 Å². The van der Waals surface area contributed by atoms with E-state index in [1.54, 1.807) is 4.90 Å². The van der Waals surface area contributed by atoms with Crippen molar-refractivity contribution in [2.75, 3.05) is 13.1 Å². The Kier molecular flexibility index (Phi) is 6.03. The second-order valence-corrected chi connectivity index (χ2v) is 8.12. The van der Waals surface area contributed by atoms with Gasteiger partial charge in [-0.25, -0.2) is 9.69 Å². The molecule has 1 heterocycles. The van der Waals surface area contributed by atoms with E-state index in [0.29, 0.717) is 6.54 Å². The highest BCUT2D eigenvalue weighted by Crippen LogP contribution is 2.20. The Bertz CT molecular complexity index is 737. The third-order valence-electron chi connectivity index (χ3n) is 4.27. The van der Waals surface area contributed by atoms with Crippen LogP contribution in [0.15, 0.2) is 30.3 Å². The number of urea groups is 1. The van der Waals surface area contributed by atoms with Crippen LogP contribution in [0.4, 0.5) is 4.79 Å². The van der Waals surface area contributed by atoms with E-state index in [1.165, 1.54) is 0 Å². The van der Waals surface area contributed by atoms with Gasteiger partial charge in [-0.2, -0.15) is 0 Å². The first-order valence-corrected chi connectivity index (χ1v) is 9.04. The molecule has 5 amide bonds. The molecule has 1 aliphatic heterocycles. The van der Waals surface area contributed by atoms with Crippen LogP contribution in [-0.4, -0.2) is 57.1 Å². The fourth-order valence-electron chi connectivity index (χ4n) is 2.90. The van der Waals surface area contributed by atoms with Crippen molar-refractivity contribution >= 4 is 23.8 Å². The molecule has 0 aliphatic carbocycles. The first-order chi connectivity index (χ1) is 12.5. The lowest BCUT2D eigenvalue weighted by molar-refractivity contribution is -0.146. The smallest absolute Gasteiger partial charge is 0.332 e. The topological polar surface area (TPSA) is 78.0 Å². The minimum atomic E-state index is -0.942. The van der Waals surface area contributed by atoms with Crippen molar-refractivity contribution < 1.29 is 19.2 Å². The molecular formula is C20H27N3O4. The van der Waals surface area contributed by atoms with Gasteiger partial charge in [0.1, 0.15) is 6.54 Å². The molecule has 0 atom stereocenters. The quantitative estimate of drug-likeness (QED) is 0.566. The van der Waals surface area contributed by atoms with Gasteiger partial charge >= 0.3 is 17.8 Å². The van der Waals surface area contributed by atoms with Crippen LogP contribution < -0.4 is 0 Å². The van der Waals surface area contributed by atoms with Crippen LogP contribution in [0.25, 0.3) is 0 Å². The molecule has 0 unspecified atom stereocenters. The monoisotopic (exact) mass is 373 g/mol. The number of hydrogen-bond acceptors (Lipinski definition) is 4. The summed E-state index contributed by atoms with van der Waals surface area (Å²) in [4.78, 5) is 53.0. The van der Waals surface area contributed by atoms with Crippen molar-refractivity contribution in [2.24, 2.45) is 5.92 Å². The Morgan fingerprint density at radius 1 is 1.00 bits per heavy atom. The first kappa shape index (κ1) is 20.6. The van der Waals surface area contributed by atoms with E-state index in [-0.39, 0.29) is 18.4 Å². The van der Waals surface area contributed by atoms with Gasteiger partial charge in [-0.1, -0.05) is 44.2 Å². The summed E-state index contributed by atoms with van der Waals surface area (Å²) in [6.07, 6.45) is 0. The summed E-state index contributed by atoms with van der Waals surface area (Å²) >= 11 is 0. The van der Waals surface area contributed by atoms with Crippen LogP contribution in [-0.2, 0) is 20.9 Å². The van der Waals surface area contributed by atoms with Crippen molar-refractivity contribution in [1.29, 1.82) is 0 Å². The number of nitrogens with zero attached hydrogens (tertiary/aromatic N) is 3. The second-order valence-electron chi connectivity index (χ2n) is 8.12. The standard InChI is InChI=1S/C20H27N3O4/c1-14(2)11-21-17(25)18(26)22(19(21)27)13-16(24)23(20(3,4)5)12-15-9-7-6-8-10-15/h6-10,14H,11-13H2,1-5H3. The zero-order chi connectivity index (χ0) is 20.4. The van der Waals surface area contributed by atoms with Gasteiger partial charge in [0, 0.05) is 18.6 Å². The maximum atomic E-state index is 12.9. The number of hydrogen-bond donors (Lipinski definition) is 0. The van der Waals surface area contributed by atoms with E-state index in [2.05, 4.69) is 0 Å². The molecule has 146 valence electrons. The molecule has 2 rings (SSSR count). The van der Waals surface area contributed by atoms with E-state index >= 15 is 0 Å². The summed E-state index contributed by atoms with van der Waals surface area (Å²) in [6.45, 7) is 9.42. The molecule has 27 heavy (non-hydrogen) atoms. The number of imide groups is 2. The average molecular weight is 373 g/mol. The molecule has 1 fully saturated rings. The van der Waals surface area contributed by atoms with Crippen molar-refractivity contribution in [3.05, 3.63) is 35.9 Å². The molecule has 1 aromatic carbocycles. The van der Waals surface area contributed by atoms with Crippen molar-refractivity contribution in [3.63, 3.8) is 0 Å². The summed E-state index contributed by atoms with van der Waals surface area (Å²) in [5.41, 5.74) is 0.428. The van der Waals surface area contributed by atoms with Gasteiger partial charge in [0.15, 0.2) is 0 Å². The number of amides is 5. The van der Waals surface area contributed by atoms with Crippen LogP contribution in [0, 0.1) is 5.92 Å². The number of carbonyl (C=O) groups is 4. The minimum Gasteiger partial charge on any atom is -0.332 e. The zero-order valence-corrected chi connectivity index (χ0v) is 16.6. The maximum absolute atomic E-state index is 12.9. The van der Waals surface area contributed by atoms with Crippen molar-refractivity contribution in [1.82, 2.24) is 14.7 Å². The third kappa shape index (κ3) is 4.72. The van der Waals surface area contributed by atoms with Crippen LogP contribution in [0.3, 0.4) is 0 Å².